The van der Waals surface area contributed by atoms with Gasteiger partial charge < -0.3 is 35.3 Å². The number of nitrogens with one attached hydrogen (secondary N) is 3. The van der Waals surface area contributed by atoms with Gasteiger partial charge in [0.05, 0.1) is 21.3 Å². The lowest BCUT2D eigenvalue weighted by atomic mass is 9.93. The monoisotopic (exact) mass is 1010 g/mol. The molecule has 0 saturated heterocycles. The van der Waals surface area contributed by atoms with Crippen LogP contribution in [0, 0.1) is 17.5 Å². The predicted molar refractivity (Wildman–Crippen MR) is 276 cm³/mol. The number of carbonyl (C=O) groups is 6. The van der Waals surface area contributed by atoms with E-state index in [0.29, 0.717) is 39.0 Å². The summed E-state index contributed by atoms with van der Waals surface area (Å²) >= 11 is 0. The lowest BCUT2D eigenvalue weighted by molar-refractivity contribution is -0.144. The zero-order valence-electron chi connectivity index (χ0n) is 40.2. The average molecular weight is 1010 g/mol. The van der Waals surface area contributed by atoms with Crippen molar-refractivity contribution >= 4 is 41.2 Å². The van der Waals surface area contributed by atoms with Crippen LogP contribution in [0.1, 0.15) is 95.2 Å². The van der Waals surface area contributed by atoms with Crippen molar-refractivity contribution in [3.05, 3.63) is 220 Å². The number of methoxy groups -OCH3 is 3. The number of carbonyl (C=O) groups excluding carboxylic acids is 6. The standard InChI is InChI=1S/2C18H18FNO3.C18H16FNO3.CH4O.2CH4/c3*1-12(14-9-6-10-15(19)11-14)16(18(22)23-2)20-17(21)13-7-4-3-5-8-13;1-2;;/h2*3-12,16H,1-2H3,(H,20,21);3-11H,1-2H3,(H,20,21);2H,1H3;2*1H4/b;;16-12-;;;/t2*12-,16+;;;;/m10..../s1. The highest BCUT2D eigenvalue weighted by Crippen LogP contribution is 2.24. The first-order chi connectivity index (χ1) is 34.1. The minimum absolute atomic E-state index is 0. The van der Waals surface area contributed by atoms with Gasteiger partial charge in [0.25, 0.3) is 17.7 Å². The number of esters is 3. The molecule has 0 unspecified atom stereocenters. The van der Waals surface area contributed by atoms with Crippen LogP contribution in [-0.2, 0) is 28.6 Å². The van der Waals surface area contributed by atoms with Gasteiger partial charge >= 0.3 is 17.9 Å². The topological polar surface area (TPSA) is 186 Å². The molecule has 0 aliphatic carbocycles. The minimum Gasteiger partial charge on any atom is -0.467 e. The maximum Gasteiger partial charge on any atom is 0.354 e. The van der Waals surface area contributed by atoms with Gasteiger partial charge in [-0.25, -0.2) is 27.6 Å². The SMILES string of the molecule is C.C.CO.COC(=O)/C(NC(=O)c1ccccc1)=C(\C)c1cccc(F)c1.COC(=O)[C@@H](NC(=O)c1ccccc1)[C@H](C)c1cccc(F)c1.COC(=O)[C@H](NC(=O)c1ccccc1)[C@@H](C)c1cccc(F)c1. The van der Waals surface area contributed by atoms with Gasteiger partial charge in [-0.2, -0.15) is 0 Å². The molecule has 16 heteroatoms. The number of ether oxygens (including phenoxy) is 3. The second-order valence-electron chi connectivity index (χ2n) is 15.2. The van der Waals surface area contributed by atoms with Crippen LogP contribution >= 0.6 is 0 Å². The molecule has 0 heterocycles. The van der Waals surface area contributed by atoms with E-state index in [0.717, 1.165) is 7.11 Å². The van der Waals surface area contributed by atoms with E-state index >= 15 is 0 Å². The van der Waals surface area contributed by atoms with Crippen molar-refractivity contribution in [3.63, 3.8) is 0 Å². The van der Waals surface area contributed by atoms with Crippen LogP contribution in [0.2, 0.25) is 0 Å². The van der Waals surface area contributed by atoms with E-state index in [2.05, 4.69) is 16.0 Å². The maximum absolute atomic E-state index is 13.4. The Morgan fingerprint density at radius 1 is 0.452 bits per heavy atom. The number of hydrogen-bond acceptors (Lipinski definition) is 10. The molecule has 13 nitrogen and oxygen atoms in total. The molecule has 73 heavy (non-hydrogen) atoms. The number of halogens is 3. The van der Waals surface area contributed by atoms with Crippen LogP contribution in [-0.4, -0.2) is 81.3 Å². The van der Waals surface area contributed by atoms with E-state index in [4.69, 9.17) is 19.3 Å². The molecule has 0 aliphatic rings. The molecule has 0 aromatic heterocycles. The molecule has 0 fully saturated rings. The summed E-state index contributed by atoms with van der Waals surface area (Å²) in [5, 5.41) is 14.9. The van der Waals surface area contributed by atoms with Crippen molar-refractivity contribution in [2.75, 3.05) is 28.4 Å². The van der Waals surface area contributed by atoms with Crippen LogP contribution < -0.4 is 16.0 Å². The van der Waals surface area contributed by atoms with E-state index in [-0.39, 0.29) is 32.4 Å². The summed E-state index contributed by atoms with van der Waals surface area (Å²) in [5.74, 6) is -5.17. The Kier molecular flexibility index (Phi) is 27.9. The Morgan fingerprint density at radius 3 is 1.11 bits per heavy atom. The highest BCUT2D eigenvalue weighted by molar-refractivity contribution is 6.05. The molecular formula is C57H64F3N3O10. The number of rotatable bonds is 14. The molecule has 388 valence electrons. The Bertz CT molecular complexity index is 2600. The molecule has 0 saturated carbocycles. The summed E-state index contributed by atoms with van der Waals surface area (Å²) in [7, 11) is 4.72. The Labute approximate surface area is 425 Å². The summed E-state index contributed by atoms with van der Waals surface area (Å²) in [6.45, 7) is 5.09. The van der Waals surface area contributed by atoms with Gasteiger partial charge in [-0.1, -0.05) is 120 Å². The minimum atomic E-state index is -0.908. The first-order valence-corrected chi connectivity index (χ1v) is 21.8. The summed E-state index contributed by atoms with van der Waals surface area (Å²) in [6, 6.07) is 41.4. The second-order valence-corrected chi connectivity index (χ2v) is 15.2. The summed E-state index contributed by atoms with van der Waals surface area (Å²) in [4.78, 5) is 72.9. The van der Waals surface area contributed by atoms with Crippen LogP contribution in [0.4, 0.5) is 13.2 Å². The van der Waals surface area contributed by atoms with E-state index in [1.165, 1.54) is 63.8 Å². The van der Waals surface area contributed by atoms with Crippen molar-refractivity contribution in [1.29, 1.82) is 0 Å². The third-order valence-electron chi connectivity index (χ3n) is 10.6. The first kappa shape index (κ1) is 62.6. The molecular weight excluding hydrogens is 944 g/mol. The molecule has 3 amide bonds. The predicted octanol–water partition coefficient (Wildman–Crippen LogP) is 9.84. The fraction of sp³-hybridized carbons (Fsp3) is 0.228. The number of hydrogen-bond donors (Lipinski definition) is 4. The number of amides is 3. The van der Waals surface area contributed by atoms with Gasteiger partial charge in [0.15, 0.2) is 0 Å². The third kappa shape index (κ3) is 19.4. The molecule has 6 aromatic rings. The highest BCUT2D eigenvalue weighted by atomic mass is 19.1. The zero-order chi connectivity index (χ0) is 52.5. The Morgan fingerprint density at radius 2 is 0.781 bits per heavy atom. The van der Waals surface area contributed by atoms with Gasteiger partial charge in [-0.3, -0.25) is 14.4 Å². The van der Waals surface area contributed by atoms with E-state index in [1.807, 2.05) is 0 Å². The van der Waals surface area contributed by atoms with Gasteiger partial charge in [0.1, 0.15) is 35.2 Å². The maximum atomic E-state index is 13.4. The van der Waals surface area contributed by atoms with Crippen molar-refractivity contribution in [1.82, 2.24) is 16.0 Å². The molecule has 0 radical (unpaired) electrons. The van der Waals surface area contributed by atoms with Crippen LogP contribution in [0.3, 0.4) is 0 Å². The van der Waals surface area contributed by atoms with E-state index in [1.54, 1.807) is 142 Å². The third-order valence-corrected chi connectivity index (χ3v) is 10.6. The normalized spacial score (nSPS) is 11.9. The highest BCUT2D eigenvalue weighted by Gasteiger charge is 2.31. The summed E-state index contributed by atoms with van der Waals surface area (Å²) < 4.78 is 54.4. The van der Waals surface area contributed by atoms with Crippen LogP contribution in [0.25, 0.3) is 5.57 Å². The fourth-order valence-electron chi connectivity index (χ4n) is 6.66. The average Bonchev–Trinajstić information content (AvgIpc) is 3.41. The first-order valence-electron chi connectivity index (χ1n) is 21.8. The van der Waals surface area contributed by atoms with Gasteiger partial charge in [0.2, 0.25) is 0 Å². The van der Waals surface area contributed by atoms with Crippen LogP contribution in [0.5, 0.6) is 0 Å². The van der Waals surface area contributed by atoms with Crippen molar-refractivity contribution in [3.8, 4) is 0 Å². The fourth-order valence-corrected chi connectivity index (χ4v) is 6.66. The summed E-state index contributed by atoms with van der Waals surface area (Å²) in [5.41, 5.74) is 3.37. The Hall–Kier alpha value is -8.37. The summed E-state index contributed by atoms with van der Waals surface area (Å²) in [6.07, 6.45) is 0. The van der Waals surface area contributed by atoms with Crippen molar-refractivity contribution in [2.45, 2.75) is 59.5 Å². The van der Waals surface area contributed by atoms with E-state index in [9.17, 15) is 41.9 Å². The Balaban J connectivity index is 0.000000531. The molecule has 0 aliphatic heterocycles. The lowest BCUT2D eigenvalue weighted by Gasteiger charge is -2.23. The van der Waals surface area contributed by atoms with E-state index < -0.39 is 65.2 Å². The number of aliphatic hydroxyl groups is 1. The van der Waals surface area contributed by atoms with Crippen molar-refractivity contribution in [2.24, 2.45) is 0 Å². The van der Waals surface area contributed by atoms with Crippen molar-refractivity contribution < 1.29 is 61.3 Å². The number of aliphatic hydroxyl groups excluding tert-OH is 1. The molecule has 0 bridgehead atoms. The van der Waals surface area contributed by atoms with Gasteiger partial charge in [-0.15, -0.1) is 0 Å². The van der Waals surface area contributed by atoms with Gasteiger partial charge in [0, 0.05) is 35.6 Å². The number of allylic oxidation sites excluding steroid dienone is 1. The number of benzene rings is 6. The van der Waals surface area contributed by atoms with Gasteiger partial charge in [-0.05, 0) is 102 Å². The quantitative estimate of drug-likeness (QED) is 0.0465. The largest absolute Gasteiger partial charge is 0.467 e. The second kappa shape index (κ2) is 32.5. The molecule has 6 rings (SSSR count). The molecule has 4 atom stereocenters. The van der Waals surface area contributed by atoms with Crippen LogP contribution in [0.15, 0.2) is 169 Å². The zero-order valence-corrected chi connectivity index (χ0v) is 40.2. The lowest BCUT2D eigenvalue weighted by Crippen LogP contribution is -2.44. The molecule has 6 aromatic carbocycles. The molecule has 0 spiro atoms. The smallest absolute Gasteiger partial charge is 0.354 e. The molecule has 4 N–H and O–H groups in total.